The van der Waals surface area contributed by atoms with Gasteiger partial charge in [0.05, 0.1) is 23.9 Å². The van der Waals surface area contributed by atoms with E-state index in [1.165, 1.54) is 35.0 Å². The second-order valence-corrected chi connectivity index (χ2v) is 7.06. The summed E-state index contributed by atoms with van der Waals surface area (Å²) in [7, 11) is 0. The molecular weight excluding hydrogens is 391 g/mol. The smallest absolute Gasteiger partial charge is 0.267 e. The zero-order valence-corrected chi connectivity index (χ0v) is 15.9. The Bertz CT molecular complexity index is 1080. The number of hydrogen-bond donors (Lipinski definition) is 0. The Labute approximate surface area is 170 Å². The molecule has 4 rings (SSSR count). The molecule has 0 aliphatic carbocycles. The van der Waals surface area contributed by atoms with Crippen LogP contribution in [0.1, 0.15) is 16.9 Å². The van der Waals surface area contributed by atoms with Gasteiger partial charge in [0, 0.05) is 12.4 Å². The van der Waals surface area contributed by atoms with Crippen LogP contribution in [0.15, 0.2) is 86.7 Å². The number of halogens is 1. The maximum absolute atomic E-state index is 13.0. The molecule has 3 heterocycles. The fourth-order valence-corrected chi connectivity index (χ4v) is 3.52. The molecule has 144 valence electrons. The number of benzene rings is 1. The summed E-state index contributed by atoms with van der Waals surface area (Å²) >= 11 is 1.23. The summed E-state index contributed by atoms with van der Waals surface area (Å²) in [6.45, 7) is 0.244. The van der Waals surface area contributed by atoms with E-state index in [2.05, 4.69) is 15.2 Å². The molecule has 0 spiro atoms. The van der Waals surface area contributed by atoms with Crippen LogP contribution in [0.3, 0.4) is 0 Å². The van der Waals surface area contributed by atoms with E-state index in [-0.39, 0.29) is 18.3 Å². The standard InChI is InChI=1S/C21H15FN4O2S/c22-17-7-5-15(6-8-17)13-24-25-21-26(14-18-4-2-10-28-18)20(27)19(29-21)11-16-3-1-9-23-12-16/h1-13H,14H2/b19-11-,24-13+,25-21-. The molecular formula is C21H15FN4O2S. The number of amides is 1. The maximum atomic E-state index is 13.0. The quantitative estimate of drug-likeness (QED) is 0.359. The van der Waals surface area contributed by atoms with E-state index in [0.717, 1.165) is 5.56 Å². The normalized spacial score (nSPS) is 17.1. The summed E-state index contributed by atoms with van der Waals surface area (Å²) < 4.78 is 18.4. The number of rotatable bonds is 5. The predicted octanol–water partition coefficient (Wildman–Crippen LogP) is 4.32. The van der Waals surface area contributed by atoms with E-state index in [4.69, 9.17) is 4.42 Å². The molecule has 1 aromatic carbocycles. The zero-order chi connectivity index (χ0) is 20.1. The van der Waals surface area contributed by atoms with Crippen LogP contribution in [0.25, 0.3) is 6.08 Å². The predicted molar refractivity (Wildman–Crippen MR) is 110 cm³/mol. The highest BCUT2D eigenvalue weighted by atomic mass is 32.2. The molecule has 1 amide bonds. The van der Waals surface area contributed by atoms with Crippen LogP contribution in [0.2, 0.25) is 0 Å². The number of amidine groups is 1. The molecule has 1 saturated heterocycles. The van der Waals surface area contributed by atoms with Crippen molar-refractivity contribution in [1.29, 1.82) is 0 Å². The van der Waals surface area contributed by atoms with Gasteiger partial charge in [-0.25, -0.2) is 4.39 Å². The molecule has 29 heavy (non-hydrogen) atoms. The van der Waals surface area contributed by atoms with Gasteiger partial charge in [-0.2, -0.15) is 5.10 Å². The van der Waals surface area contributed by atoms with Crippen LogP contribution in [0.5, 0.6) is 0 Å². The van der Waals surface area contributed by atoms with Crippen LogP contribution in [0.4, 0.5) is 4.39 Å². The minimum atomic E-state index is -0.319. The molecule has 0 atom stereocenters. The molecule has 0 N–H and O–H groups in total. The highest BCUT2D eigenvalue weighted by Gasteiger charge is 2.34. The third-order valence-corrected chi connectivity index (χ3v) is 4.98. The van der Waals surface area contributed by atoms with Crippen molar-refractivity contribution in [2.45, 2.75) is 6.54 Å². The summed E-state index contributed by atoms with van der Waals surface area (Å²) in [5.41, 5.74) is 1.52. The lowest BCUT2D eigenvalue weighted by atomic mass is 10.2. The lowest BCUT2D eigenvalue weighted by Crippen LogP contribution is -2.28. The second-order valence-electron chi connectivity index (χ2n) is 6.05. The molecule has 1 fully saturated rings. The van der Waals surface area contributed by atoms with Gasteiger partial charge in [-0.1, -0.05) is 18.2 Å². The van der Waals surface area contributed by atoms with E-state index >= 15 is 0 Å². The van der Waals surface area contributed by atoms with Gasteiger partial charge in [-0.3, -0.25) is 14.7 Å². The van der Waals surface area contributed by atoms with Gasteiger partial charge in [0.2, 0.25) is 0 Å². The molecule has 2 aromatic heterocycles. The van der Waals surface area contributed by atoms with Crippen LogP contribution < -0.4 is 0 Å². The highest BCUT2D eigenvalue weighted by Crippen LogP contribution is 2.33. The Hall–Kier alpha value is -3.52. The zero-order valence-electron chi connectivity index (χ0n) is 15.1. The molecule has 3 aromatic rings. The summed E-state index contributed by atoms with van der Waals surface area (Å²) in [4.78, 5) is 19.0. The monoisotopic (exact) mass is 406 g/mol. The summed E-state index contributed by atoms with van der Waals surface area (Å²) in [6.07, 6.45) is 8.18. The molecule has 1 aliphatic rings. The third-order valence-electron chi connectivity index (χ3n) is 3.98. The van der Waals surface area contributed by atoms with Crippen LogP contribution in [-0.4, -0.2) is 27.2 Å². The van der Waals surface area contributed by atoms with Crippen molar-refractivity contribution in [3.05, 3.63) is 94.8 Å². The fraction of sp³-hybridized carbons (Fsp3) is 0.0476. The number of aromatic nitrogens is 1. The number of pyridine rings is 1. The molecule has 6 nitrogen and oxygen atoms in total. The Morgan fingerprint density at radius 2 is 2.00 bits per heavy atom. The Morgan fingerprint density at radius 1 is 1.14 bits per heavy atom. The Kier molecular flexibility index (Phi) is 5.62. The minimum absolute atomic E-state index is 0.189. The average molecular weight is 406 g/mol. The van der Waals surface area contributed by atoms with E-state index < -0.39 is 0 Å². The number of thioether (sulfide) groups is 1. The van der Waals surface area contributed by atoms with Crippen LogP contribution >= 0.6 is 11.8 Å². The van der Waals surface area contributed by atoms with Crippen LogP contribution in [-0.2, 0) is 11.3 Å². The molecule has 8 heteroatoms. The Balaban J connectivity index is 1.60. The molecule has 0 unspecified atom stereocenters. The maximum Gasteiger partial charge on any atom is 0.267 e. The highest BCUT2D eigenvalue weighted by molar-refractivity contribution is 8.18. The minimum Gasteiger partial charge on any atom is -0.467 e. The summed E-state index contributed by atoms with van der Waals surface area (Å²) in [5, 5.41) is 8.70. The Morgan fingerprint density at radius 3 is 2.72 bits per heavy atom. The van der Waals surface area contributed by atoms with Gasteiger partial charge in [0.15, 0.2) is 5.17 Å². The summed E-state index contributed by atoms with van der Waals surface area (Å²) in [6, 6.07) is 13.1. The molecule has 0 radical (unpaired) electrons. The largest absolute Gasteiger partial charge is 0.467 e. The first kappa shape index (κ1) is 18.8. The summed E-state index contributed by atoms with van der Waals surface area (Å²) in [5.74, 6) is 0.128. The van der Waals surface area contributed by atoms with Gasteiger partial charge in [-0.15, -0.1) is 5.10 Å². The van der Waals surface area contributed by atoms with Gasteiger partial charge in [-0.05, 0) is 59.3 Å². The van der Waals surface area contributed by atoms with Crippen molar-refractivity contribution in [1.82, 2.24) is 9.88 Å². The van der Waals surface area contributed by atoms with Gasteiger partial charge >= 0.3 is 0 Å². The third kappa shape index (κ3) is 4.67. The average Bonchev–Trinajstić information content (AvgIpc) is 3.35. The fourth-order valence-electron chi connectivity index (χ4n) is 2.59. The van der Waals surface area contributed by atoms with Gasteiger partial charge in [0.25, 0.3) is 5.91 Å². The number of carbonyl (C=O) groups is 1. The molecule has 0 saturated carbocycles. The van der Waals surface area contributed by atoms with Crippen LogP contribution in [0, 0.1) is 5.82 Å². The van der Waals surface area contributed by atoms with Crippen molar-refractivity contribution >= 4 is 35.1 Å². The van der Waals surface area contributed by atoms with Gasteiger partial charge < -0.3 is 4.42 Å². The van der Waals surface area contributed by atoms with Crippen molar-refractivity contribution in [2.75, 3.05) is 0 Å². The van der Waals surface area contributed by atoms with Crippen molar-refractivity contribution in [2.24, 2.45) is 10.2 Å². The molecule has 0 bridgehead atoms. The lowest BCUT2D eigenvalue weighted by Gasteiger charge is -2.12. The second kappa shape index (κ2) is 8.66. The number of carbonyl (C=O) groups excluding carboxylic acids is 1. The first-order valence-electron chi connectivity index (χ1n) is 8.69. The molecule has 1 aliphatic heterocycles. The number of nitrogens with zero attached hydrogens (tertiary/aromatic N) is 4. The first-order valence-corrected chi connectivity index (χ1v) is 9.51. The van der Waals surface area contributed by atoms with Crippen molar-refractivity contribution in [3.8, 4) is 0 Å². The van der Waals surface area contributed by atoms with E-state index in [9.17, 15) is 9.18 Å². The SMILES string of the molecule is O=C1/C(=C/c2cccnc2)S/C(=N\N=C\c2ccc(F)cc2)N1Cc1ccco1. The van der Waals surface area contributed by atoms with Crippen molar-refractivity contribution < 1.29 is 13.6 Å². The van der Waals surface area contributed by atoms with E-state index in [1.807, 2.05) is 6.07 Å². The van der Waals surface area contributed by atoms with Crippen molar-refractivity contribution in [3.63, 3.8) is 0 Å². The first-order chi connectivity index (χ1) is 14.2. The van der Waals surface area contributed by atoms with E-state index in [0.29, 0.717) is 21.4 Å². The van der Waals surface area contributed by atoms with Gasteiger partial charge in [0.1, 0.15) is 11.6 Å². The number of hydrogen-bond acceptors (Lipinski definition) is 6. The number of furan rings is 1. The topological polar surface area (TPSA) is 71.1 Å². The van der Waals surface area contributed by atoms with E-state index in [1.54, 1.807) is 55.1 Å². The lowest BCUT2D eigenvalue weighted by molar-refractivity contribution is -0.122.